The fourth-order valence-electron chi connectivity index (χ4n) is 2.52. The van der Waals surface area contributed by atoms with Crippen molar-refractivity contribution in [3.8, 4) is 23.3 Å². The van der Waals surface area contributed by atoms with E-state index in [-0.39, 0.29) is 5.92 Å². The van der Waals surface area contributed by atoms with Crippen molar-refractivity contribution in [3.05, 3.63) is 35.2 Å². The van der Waals surface area contributed by atoms with E-state index in [0.717, 1.165) is 11.3 Å². The van der Waals surface area contributed by atoms with Gasteiger partial charge >= 0.3 is 0 Å². The van der Waals surface area contributed by atoms with Crippen LogP contribution in [0.1, 0.15) is 29.4 Å². The minimum atomic E-state index is -0.321. The van der Waals surface area contributed by atoms with Crippen LogP contribution < -0.4 is 14.2 Å². The lowest BCUT2D eigenvalue weighted by atomic mass is 9.96. The molecule has 0 N–H and O–H groups in total. The summed E-state index contributed by atoms with van der Waals surface area (Å²) < 4.78 is 21.5. The molecule has 2 rings (SSSR count). The second kappa shape index (κ2) is 7.54. The van der Waals surface area contributed by atoms with Gasteiger partial charge in [-0.1, -0.05) is 11.2 Å². The van der Waals surface area contributed by atoms with Crippen LogP contribution in [0, 0.1) is 25.2 Å². The van der Waals surface area contributed by atoms with Crippen LogP contribution in [0.4, 0.5) is 0 Å². The lowest BCUT2D eigenvalue weighted by Gasteiger charge is -2.14. The highest BCUT2D eigenvalue weighted by Crippen LogP contribution is 2.37. The number of aryl methyl sites for hydroxylation is 2. The average Bonchev–Trinajstić information content (AvgIpc) is 2.90. The predicted octanol–water partition coefficient (Wildman–Crippen LogP) is 3.38. The number of ether oxygens (including phenoxy) is 3. The molecule has 0 aliphatic heterocycles. The van der Waals surface area contributed by atoms with Crippen molar-refractivity contribution in [2.24, 2.45) is 0 Å². The quantitative estimate of drug-likeness (QED) is 0.779. The number of nitriles is 1. The summed E-state index contributed by atoms with van der Waals surface area (Å²) in [6.45, 7) is 4.01. The maximum atomic E-state index is 9.41. The maximum Gasteiger partial charge on any atom is 0.203 e. The van der Waals surface area contributed by atoms with Gasteiger partial charge in [0.2, 0.25) is 5.75 Å². The van der Waals surface area contributed by atoms with Crippen molar-refractivity contribution in [3.63, 3.8) is 0 Å². The minimum Gasteiger partial charge on any atom is -0.493 e. The Morgan fingerprint density at radius 1 is 1.22 bits per heavy atom. The number of hydrogen-bond acceptors (Lipinski definition) is 6. The molecule has 1 aromatic heterocycles. The molecule has 122 valence electrons. The Morgan fingerprint density at radius 3 is 2.52 bits per heavy atom. The molecule has 1 unspecified atom stereocenters. The monoisotopic (exact) mass is 316 g/mol. The molecular weight excluding hydrogens is 296 g/mol. The fourth-order valence-corrected chi connectivity index (χ4v) is 2.52. The van der Waals surface area contributed by atoms with Crippen LogP contribution >= 0.6 is 0 Å². The number of rotatable bonds is 7. The van der Waals surface area contributed by atoms with Gasteiger partial charge in [0.15, 0.2) is 11.5 Å². The van der Waals surface area contributed by atoms with Crippen molar-refractivity contribution in [2.45, 2.75) is 26.2 Å². The fraction of sp³-hybridized carbons (Fsp3) is 0.412. The zero-order chi connectivity index (χ0) is 16.8. The molecule has 0 aliphatic rings. The van der Waals surface area contributed by atoms with Crippen molar-refractivity contribution in [2.75, 3.05) is 20.8 Å². The molecule has 6 heteroatoms. The van der Waals surface area contributed by atoms with Gasteiger partial charge in [0.1, 0.15) is 5.76 Å². The molecule has 6 nitrogen and oxygen atoms in total. The van der Waals surface area contributed by atoms with Crippen molar-refractivity contribution in [1.29, 1.82) is 5.26 Å². The summed E-state index contributed by atoms with van der Waals surface area (Å²) in [7, 11) is 3.14. The van der Waals surface area contributed by atoms with Crippen LogP contribution in [0.3, 0.4) is 0 Å². The molecule has 0 aliphatic carbocycles. The summed E-state index contributed by atoms with van der Waals surface area (Å²) in [5.74, 6) is 2.08. The highest BCUT2D eigenvalue weighted by molar-refractivity contribution is 5.51. The molecule has 0 bridgehead atoms. The molecule has 0 amide bonds. The van der Waals surface area contributed by atoms with E-state index in [4.69, 9.17) is 18.7 Å². The number of para-hydroxylation sites is 1. The van der Waals surface area contributed by atoms with Crippen molar-refractivity contribution < 1.29 is 18.7 Å². The number of methoxy groups -OCH3 is 2. The van der Waals surface area contributed by atoms with Gasteiger partial charge in [0.25, 0.3) is 0 Å². The number of nitrogens with zero attached hydrogens (tertiary/aromatic N) is 2. The maximum absolute atomic E-state index is 9.41. The third kappa shape index (κ3) is 3.57. The van der Waals surface area contributed by atoms with E-state index in [9.17, 15) is 5.26 Å². The highest BCUT2D eigenvalue weighted by atomic mass is 16.5. The molecule has 1 aromatic carbocycles. The highest BCUT2D eigenvalue weighted by Gasteiger charge is 2.20. The predicted molar refractivity (Wildman–Crippen MR) is 84.0 cm³/mol. The van der Waals surface area contributed by atoms with Gasteiger partial charge in [-0.05, 0) is 26.0 Å². The Bertz CT molecular complexity index is 684. The smallest absolute Gasteiger partial charge is 0.203 e. The van der Waals surface area contributed by atoms with Crippen LogP contribution in [0.2, 0.25) is 0 Å². The first-order chi connectivity index (χ1) is 11.1. The van der Waals surface area contributed by atoms with Gasteiger partial charge in [0.05, 0.1) is 38.5 Å². The Balaban J connectivity index is 2.06. The van der Waals surface area contributed by atoms with Gasteiger partial charge in [0, 0.05) is 12.0 Å². The summed E-state index contributed by atoms with van der Waals surface area (Å²) in [4.78, 5) is 0. The lowest BCUT2D eigenvalue weighted by molar-refractivity contribution is 0.276. The first-order valence-corrected chi connectivity index (χ1v) is 7.28. The molecule has 1 atom stereocenters. The zero-order valence-corrected chi connectivity index (χ0v) is 13.8. The molecule has 23 heavy (non-hydrogen) atoms. The molecule has 1 heterocycles. The molecule has 2 aromatic rings. The van der Waals surface area contributed by atoms with E-state index in [1.807, 2.05) is 19.9 Å². The molecule has 0 radical (unpaired) electrons. The van der Waals surface area contributed by atoms with Gasteiger partial charge in [-0.3, -0.25) is 0 Å². The first kappa shape index (κ1) is 16.7. The van der Waals surface area contributed by atoms with Crippen LogP contribution in [-0.2, 0) is 0 Å². The molecule has 0 saturated heterocycles. The van der Waals surface area contributed by atoms with Gasteiger partial charge in [-0.2, -0.15) is 5.26 Å². The first-order valence-electron chi connectivity index (χ1n) is 7.28. The van der Waals surface area contributed by atoms with Crippen LogP contribution in [0.25, 0.3) is 0 Å². The van der Waals surface area contributed by atoms with Gasteiger partial charge in [-0.15, -0.1) is 0 Å². The van der Waals surface area contributed by atoms with Crippen LogP contribution in [0.5, 0.6) is 17.2 Å². The van der Waals surface area contributed by atoms with E-state index in [1.54, 1.807) is 26.4 Å². The topological polar surface area (TPSA) is 77.5 Å². The number of benzene rings is 1. The normalized spacial score (nSPS) is 11.6. The number of aromatic nitrogens is 1. The summed E-state index contributed by atoms with van der Waals surface area (Å²) in [6.07, 6.45) is 0.528. The van der Waals surface area contributed by atoms with E-state index >= 15 is 0 Å². The Hall–Kier alpha value is -2.68. The molecule has 0 fully saturated rings. The lowest BCUT2D eigenvalue weighted by Crippen LogP contribution is -2.07. The summed E-state index contributed by atoms with van der Waals surface area (Å²) in [5, 5.41) is 13.3. The van der Waals surface area contributed by atoms with Gasteiger partial charge in [-0.25, -0.2) is 0 Å². The summed E-state index contributed by atoms with van der Waals surface area (Å²) in [5.41, 5.74) is 1.58. The molecular formula is C17H20N2O4. The Kier molecular flexibility index (Phi) is 5.47. The van der Waals surface area contributed by atoms with Crippen molar-refractivity contribution in [1.82, 2.24) is 5.16 Å². The zero-order valence-electron chi connectivity index (χ0n) is 13.8. The Labute approximate surface area is 135 Å². The number of hydrogen-bond donors (Lipinski definition) is 0. The largest absolute Gasteiger partial charge is 0.493 e. The minimum absolute atomic E-state index is 0.321. The molecule has 0 spiro atoms. The third-order valence-corrected chi connectivity index (χ3v) is 3.62. The van der Waals surface area contributed by atoms with E-state index in [2.05, 4.69) is 11.2 Å². The summed E-state index contributed by atoms with van der Waals surface area (Å²) >= 11 is 0. The second-order valence-electron chi connectivity index (χ2n) is 5.05. The van der Waals surface area contributed by atoms with Gasteiger partial charge < -0.3 is 18.7 Å². The van der Waals surface area contributed by atoms with Crippen molar-refractivity contribution >= 4 is 0 Å². The standard InChI is InChI=1S/C17H20N2O4/c1-11-16(12(2)23-19-11)13(10-18)8-9-22-15-7-5-6-14(20-3)17(15)21-4/h5-7,13H,8-9H2,1-4H3. The Morgan fingerprint density at radius 2 is 1.96 bits per heavy atom. The molecule has 0 saturated carbocycles. The third-order valence-electron chi connectivity index (χ3n) is 3.62. The van der Waals surface area contributed by atoms with Crippen LogP contribution in [0.15, 0.2) is 22.7 Å². The second-order valence-corrected chi connectivity index (χ2v) is 5.05. The van der Waals surface area contributed by atoms with Crippen LogP contribution in [-0.4, -0.2) is 26.0 Å². The SMILES string of the molecule is COc1cccc(OCCC(C#N)c2c(C)noc2C)c1OC. The van der Waals surface area contributed by atoms with E-state index in [1.165, 1.54) is 0 Å². The van der Waals surface area contributed by atoms with E-state index in [0.29, 0.717) is 36.0 Å². The average molecular weight is 316 g/mol. The summed E-state index contributed by atoms with van der Waals surface area (Å²) in [6, 6.07) is 7.72. The van der Waals surface area contributed by atoms with E-state index < -0.39 is 0 Å².